The Labute approximate surface area is 192 Å². The van der Waals surface area contributed by atoms with Gasteiger partial charge >= 0.3 is 5.97 Å². The van der Waals surface area contributed by atoms with Gasteiger partial charge in [-0.1, -0.05) is 42.5 Å². The fourth-order valence-electron chi connectivity index (χ4n) is 2.94. The largest absolute Gasteiger partial charge is 0.492 e. The predicted octanol–water partition coefficient (Wildman–Crippen LogP) is 4.61. The number of esters is 1. The molecular formula is C25H24N2O4S. The maximum atomic E-state index is 12.7. The molecule has 0 aliphatic heterocycles. The molecule has 3 aromatic rings. The van der Waals surface area contributed by atoms with Gasteiger partial charge in [0, 0.05) is 12.1 Å². The first-order chi connectivity index (χ1) is 15.6. The number of hydrogen-bond donors (Lipinski definition) is 2. The van der Waals surface area contributed by atoms with Crippen molar-refractivity contribution in [2.24, 2.45) is 0 Å². The number of para-hydroxylation sites is 1. The molecule has 0 aromatic heterocycles. The first kappa shape index (κ1) is 23.0. The van der Waals surface area contributed by atoms with Crippen LogP contribution in [0.25, 0.3) is 0 Å². The van der Waals surface area contributed by atoms with Crippen LogP contribution in [0.1, 0.15) is 33.2 Å². The van der Waals surface area contributed by atoms with E-state index in [1.54, 1.807) is 49.4 Å². The van der Waals surface area contributed by atoms with Gasteiger partial charge in [0.2, 0.25) is 0 Å². The second kappa shape index (κ2) is 11.6. The molecule has 0 unspecified atom stereocenters. The van der Waals surface area contributed by atoms with Crippen molar-refractivity contribution in [1.29, 1.82) is 0 Å². The highest BCUT2D eigenvalue weighted by Crippen LogP contribution is 2.18. The second-order valence-electron chi connectivity index (χ2n) is 6.79. The number of amides is 1. The normalized spacial score (nSPS) is 10.2. The van der Waals surface area contributed by atoms with Crippen molar-refractivity contribution in [2.45, 2.75) is 13.3 Å². The summed E-state index contributed by atoms with van der Waals surface area (Å²) in [5.74, 6) is -0.276. The molecular weight excluding hydrogens is 424 g/mol. The molecule has 0 heterocycles. The molecule has 7 heteroatoms. The summed E-state index contributed by atoms with van der Waals surface area (Å²) in [5.41, 5.74) is 2.63. The minimum Gasteiger partial charge on any atom is -0.492 e. The molecule has 3 aromatic carbocycles. The van der Waals surface area contributed by atoms with E-state index in [1.807, 2.05) is 36.4 Å². The van der Waals surface area contributed by atoms with Crippen LogP contribution in [0.3, 0.4) is 0 Å². The number of benzene rings is 3. The maximum Gasteiger partial charge on any atom is 0.338 e. The number of anilines is 1. The SMILES string of the molecule is CCOC(=O)c1ccc(NC(=S)NC(=O)c2ccccc2OCCc2ccccc2)cc1. The van der Waals surface area contributed by atoms with Crippen LogP contribution in [-0.2, 0) is 11.2 Å². The Bertz CT molecular complexity index is 1070. The van der Waals surface area contributed by atoms with Crippen molar-refractivity contribution < 1.29 is 19.1 Å². The Morgan fingerprint density at radius 1 is 0.906 bits per heavy atom. The summed E-state index contributed by atoms with van der Waals surface area (Å²) in [7, 11) is 0. The third-order valence-electron chi connectivity index (χ3n) is 4.50. The first-order valence-corrected chi connectivity index (χ1v) is 10.6. The van der Waals surface area contributed by atoms with Crippen molar-refractivity contribution in [3.63, 3.8) is 0 Å². The van der Waals surface area contributed by atoms with E-state index in [2.05, 4.69) is 10.6 Å². The number of hydrogen-bond acceptors (Lipinski definition) is 5. The number of carbonyl (C=O) groups is 2. The standard InChI is InChI=1S/C25H24N2O4S/c1-2-30-24(29)19-12-14-20(15-13-19)26-25(32)27-23(28)21-10-6-7-11-22(21)31-17-16-18-8-4-3-5-9-18/h3-15H,2,16-17H2,1H3,(H2,26,27,28,32). The van der Waals surface area contributed by atoms with E-state index in [4.69, 9.17) is 21.7 Å². The van der Waals surface area contributed by atoms with E-state index in [0.29, 0.717) is 35.8 Å². The highest BCUT2D eigenvalue weighted by atomic mass is 32.1. The quantitative estimate of drug-likeness (QED) is 0.387. The molecule has 0 spiro atoms. The van der Waals surface area contributed by atoms with Gasteiger partial charge in [-0.3, -0.25) is 10.1 Å². The van der Waals surface area contributed by atoms with Crippen molar-refractivity contribution in [2.75, 3.05) is 18.5 Å². The van der Waals surface area contributed by atoms with Gasteiger partial charge in [0.25, 0.3) is 5.91 Å². The predicted molar refractivity (Wildman–Crippen MR) is 128 cm³/mol. The molecule has 3 rings (SSSR count). The molecule has 0 fully saturated rings. The fraction of sp³-hybridized carbons (Fsp3) is 0.160. The lowest BCUT2D eigenvalue weighted by atomic mass is 10.1. The molecule has 0 aliphatic rings. The average Bonchev–Trinajstić information content (AvgIpc) is 2.80. The molecule has 0 aliphatic carbocycles. The smallest absolute Gasteiger partial charge is 0.338 e. The lowest BCUT2D eigenvalue weighted by molar-refractivity contribution is 0.0526. The summed E-state index contributed by atoms with van der Waals surface area (Å²) in [6.45, 7) is 2.51. The first-order valence-electron chi connectivity index (χ1n) is 10.2. The summed E-state index contributed by atoms with van der Waals surface area (Å²) < 4.78 is 10.8. The van der Waals surface area contributed by atoms with Crippen LogP contribution in [0, 0.1) is 0 Å². The number of carbonyl (C=O) groups excluding carboxylic acids is 2. The van der Waals surface area contributed by atoms with Gasteiger partial charge in [-0.25, -0.2) is 4.79 Å². The Balaban J connectivity index is 1.56. The summed E-state index contributed by atoms with van der Waals surface area (Å²) in [5, 5.41) is 5.73. The van der Waals surface area contributed by atoms with E-state index < -0.39 is 0 Å². The van der Waals surface area contributed by atoms with Gasteiger partial charge < -0.3 is 14.8 Å². The van der Waals surface area contributed by atoms with Gasteiger partial charge in [0.15, 0.2) is 5.11 Å². The molecule has 0 saturated heterocycles. The van der Waals surface area contributed by atoms with Gasteiger partial charge in [0.05, 0.1) is 24.3 Å². The summed E-state index contributed by atoms with van der Waals surface area (Å²) >= 11 is 5.26. The highest BCUT2D eigenvalue weighted by molar-refractivity contribution is 7.80. The minimum atomic E-state index is -0.390. The zero-order valence-electron chi connectivity index (χ0n) is 17.7. The van der Waals surface area contributed by atoms with Crippen molar-refractivity contribution in [3.05, 3.63) is 95.6 Å². The summed E-state index contributed by atoms with van der Waals surface area (Å²) in [6.07, 6.45) is 0.735. The fourth-order valence-corrected chi connectivity index (χ4v) is 3.15. The van der Waals surface area contributed by atoms with E-state index in [0.717, 1.165) is 12.0 Å². The molecule has 164 valence electrons. The van der Waals surface area contributed by atoms with Crippen LogP contribution in [0.15, 0.2) is 78.9 Å². The van der Waals surface area contributed by atoms with Gasteiger partial charge in [-0.15, -0.1) is 0 Å². The van der Waals surface area contributed by atoms with Crippen LogP contribution in [0.4, 0.5) is 5.69 Å². The Hall–Kier alpha value is -3.71. The van der Waals surface area contributed by atoms with E-state index in [1.165, 1.54) is 0 Å². The second-order valence-corrected chi connectivity index (χ2v) is 7.19. The third kappa shape index (κ3) is 6.65. The Kier molecular flexibility index (Phi) is 8.34. The highest BCUT2D eigenvalue weighted by Gasteiger charge is 2.14. The maximum absolute atomic E-state index is 12.7. The number of rotatable bonds is 8. The van der Waals surface area contributed by atoms with Gasteiger partial charge in [-0.2, -0.15) is 0 Å². The molecule has 0 saturated carbocycles. The third-order valence-corrected chi connectivity index (χ3v) is 4.71. The molecule has 0 atom stereocenters. The Morgan fingerprint density at radius 2 is 1.59 bits per heavy atom. The zero-order chi connectivity index (χ0) is 22.8. The van der Waals surface area contributed by atoms with E-state index >= 15 is 0 Å². The molecule has 1 amide bonds. The molecule has 0 radical (unpaired) electrons. The summed E-state index contributed by atoms with van der Waals surface area (Å²) in [6, 6.07) is 23.6. The van der Waals surface area contributed by atoms with Crippen LogP contribution in [0.2, 0.25) is 0 Å². The van der Waals surface area contributed by atoms with Crippen LogP contribution in [-0.4, -0.2) is 30.2 Å². The lowest BCUT2D eigenvalue weighted by Gasteiger charge is -2.13. The van der Waals surface area contributed by atoms with E-state index in [9.17, 15) is 9.59 Å². The lowest BCUT2D eigenvalue weighted by Crippen LogP contribution is -2.34. The van der Waals surface area contributed by atoms with E-state index in [-0.39, 0.29) is 17.0 Å². The average molecular weight is 449 g/mol. The van der Waals surface area contributed by atoms with Crippen molar-refractivity contribution in [1.82, 2.24) is 5.32 Å². The zero-order valence-corrected chi connectivity index (χ0v) is 18.5. The molecule has 2 N–H and O–H groups in total. The van der Waals surface area contributed by atoms with Crippen LogP contribution < -0.4 is 15.4 Å². The summed E-state index contributed by atoms with van der Waals surface area (Å²) in [4.78, 5) is 24.5. The van der Waals surface area contributed by atoms with Crippen molar-refractivity contribution in [3.8, 4) is 5.75 Å². The monoisotopic (exact) mass is 448 g/mol. The van der Waals surface area contributed by atoms with Gasteiger partial charge in [0.1, 0.15) is 5.75 Å². The number of ether oxygens (including phenoxy) is 2. The number of thiocarbonyl (C=S) groups is 1. The molecule has 0 bridgehead atoms. The van der Waals surface area contributed by atoms with Crippen molar-refractivity contribution >= 4 is 34.9 Å². The number of nitrogens with one attached hydrogen (secondary N) is 2. The Morgan fingerprint density at radius 3 is 2.31 bits per heavy atom. The van der Waals surface area contributed by atoms with Gasteiger partial charge in [-0.05, 0) is 61.1 Å². The van der Waals surface area contributed by atoms with Crippen LogP contribution in [0.5, 0.6) is 5.75 Å². The minimum absolute atomic E-state index is 0.137. The molecule has 6 nitrogen and oxygen atoms in total. The molecule has 32 heavy (non-hydrogen) atoms. The van der Waals surface area contributed by atoms with Crippen LogP contribution >= 0.6 is 12.2 Å². The topological polar surface area (TPSA) is 76.7 Å².